The van der Waals surface area contributed by atoms with Crippen molar-refractivity contribution in [2.24, 2.45) is 5.41 Å². The van der Waals surface area contributed by atoms with E-state index in [0.29, 0.717) is 13.2 Å². The first-order chi connectivity index (χ1) is 10.1. The molecule has 0 unspecified atom stereocenters. The zero-order valence-corrected chi connectivity index (χ0v) is 13.7. The van der Waals surface area contributed by atoms with E-state index in [4.69, 9.17) is 9.47 Å². The average Bonchev–Trinajstić information content (AvgIpc) is 2.46. The van der Waals surface area contributed by atoms with E-state index in [-0.39, 0.29) is 5.41 Å². The Balaban J connectivity index is 1.89. The van der Waals surface area contributed by atoms with Crippen molar-refractivity contribution in [3.63, 3.8) is 0 Å². The minimum absolute atomic E-state index is 0.282. The molecule has 0 aromatic carbocycles. The summed E-state index contributed by atoms with van der Waals surface area (Å²) in [6.07, 6.45) is 3.71. The molecule has 2 rings (SSSR count). The second kappa shape index (κ2) is 7.88. The molecular weight excluding hydrogens is 268 g/mol. The van der Waals surface area contributed by atoms with Gasteiger partial charge in [-0.15, -0.1) is 0 Å². The van der Waals surface area contributed by atoms with Gasteiger partial charge < -0.3 is 24.8 Å². The van der Waals surface area contributed by atoms with Crippen LogP contribution in [0.25, 0.3) is 0 Å². The van der Waals surface area contributed by atoms with Gasteiger partial charge in [0.05, 0.1) is 5.60 Å². The third-order valence-corrected chi connectivity index (χ3v) is 4.90. The van der Waals surface area contributed by atoms with Crippen molar-refractivity contribution in [2.75, 3.05) is 59.7 Å². The lowest BCUT2D eigenvalue weighted by Gasteiger charge is -2.43. The first-order valence-corrected chi connectivity index (χ1v) is 8.35. The standard InChI is InChI=1S/C16H32N2O3/c1-3-17-12-15(4-8-20-9-5-15)13-18(2)14-16(19)6-10-21-11-7-16/h17,19H,3-14H2,1-2H3. The summed E-state index contributed by atoms with van der Waals surface area (Å²) in [6.45, 7) is 9.04. The van der Waals surface area contributed by atoms with Crippen molar-refractivity contribution in [1.29, 1.82) is 0 Å². The van der Waals surface area contributed by atoms with E-state index in [1.807, 2.05) is 0 Å². The van der Waals surface area contributed by atoms with Crippen LogP contribution in [0.2, 0.25) is 0 Å². The number of ether oxygens (including phenoxy) is 2. The van der Waals surface area contributed by atoms with Crippen molar-refractivity contribution in [1.82, 2.24) is 10.2 Å². The van der Waals surface area contributed by atoms with Crippen molar-refractivity contribution < 1.29 is 14.6 Å². The predicted octanol–water partition coefficient (Wildman–Crippen LogP) is 0.866. The van der Waals surface area contributed by atoms with Gasteiger partial charge in [0.1, 0.15) is 0 Å². The Kier molecular flexibility index (Phi) is 6.44. The summed E-state index contributed by atoms with van der Waals surface area (Å²) in [5.74, 6) is 0. The maximum absolute atomic E-state index is 10.7. The lowest BCUT2D eigenvalue weighted by atomic mass is 9.79. The molecule has 2 N–H and O–H groups in total. The minimum Gasteiger partial charge on any atom is -0.388 e. The third-order valence-electron chi connectivity index (χ3n) is 4.90. The Labute approximate surface area is 129 Å². The monoisotopic (exact) mass is 300 g/mol. The molecule has 0 radical (unpaired) electrons. The fourth-order valence-corrected chi connectivity index (χ4v) is 3.63. The zero-order chi connectivity index (χ0) is 15.2. The molecule has 2 aliphatic heterocycles. The van der Waals surface area contributed by atoms with Crippen LogP contribution in [0.4, 0.5) is 0 Å². The number of nitrogens with one attached hydrogen (secondary N) is 1. The van der Waals surface area contributed by atoms with E-state index in [2.05, 4.69) is 24.2 Å². The molecule has 0 aromatic rings. The average molecular weight is 300 g/mol. The van der Waals surface area contributed by atoms with E-state index < -0.39 is 5.60 Å². The lowest BCUT2D eigenvalue weighted by Crippen LogP contribution is -2.51. The van der Waals surface area contributed by atoms with Crippen LogP contribution in [0.1, 0.15) is 32.6 Å². The van der Waals surface area contributed by atoms with Crippen LogP contribution in [0, 0.1) is 5.41 Å². The molecule has 0 spiro atoms. The van der Waals surface area contributed by atoms with E-state index >= 15 is 0 Å². The van der Waals surface area contributed by atoms with Crippen LogP contribution in [-0.2, 0) is 9.47 Å². The highest BCUT2D eigenvalue weighted by atomic mass is 16.5. The van der Waals surface area contributed by atoms with Crippen LogP contribution >= 0.6 is 0 Å². The molecule has 0 aliphatic carbocycles. The normalized spacial score (nSPS) is 25.1. The largest absolute Gasteiger partial charge is 0.388 e. The van der Waals surface area contributed by atoms with Crippen LogP contribution in [0.3, 0.4) is 0 Å². The highest BCUT2D eigenvalue weighted by molar-refractivity contribution is 4.90. The smallest absolute Gasteiger partial charge is 0.0817 e. The van der Waals surface area contributed by atoms with E-state index in [0.717, 1.165) is 65.1 Å². The van der Waals surface area contributed by atoms with E-state index in [9.17, 15) is 5.11 Å². The summed E-state index contributed by atoms with van der Waals surface area (Å²) < 4.78 is 10.9. The van der Waals surface area contributed by atoms with Crippen LogP contribution in [0.5, 0.6) is 0 Å². The second-order valence-electron chi connectivity index (χ2n) is 6.90. The Morgan fingerprint density at radius 1 is 1.00 bits per heavy atom. The van der Waals surface area contributed by atoms with Gasteiger partial charge in [-0.3, -0.25) is 0 Å². The Morgan fingerprint density at radius 2 is 1.57 bits per heavy atom. The zero-order valence-electron chi connectivity index (χ0n) is 13.7. The van der Waals surface area contributed by atoms with Gasteiger partial charge in [0.2, 0.25) is 0 Å². The molecule has 2 fully saturated rings. The van der Waals surface area contributed by atoms with Gasteiger partial charge in [-0.2, -0.15) is 0 Å². The number of rotatable bonds is 7. The summed E-state index contributed by atoms with van der Waals surface area (Å²) in [7, 11) is 2.14. The Hall–Kier alpha value is -0.200. The highest BCUT2D eigenvalue weighted by Crippen LogP contribution is 2.32. The van der Waals surface area contributed by atoms with Gasteiger partial charge in [0.15, 0.2) is 0 Å². The van der Waals surface area contributed by atoms with Gasteiger partial charge >= 0.3 is 0 Å². The quantitative estimate of drug-likeness (QED) is 0.730. The van der Waals surface area contributed by atoms with E-state index in [1.54, 1.807) is 0 Å². The van der Waals surface area contributed by atoms with Crippen LogP contribution in [-0.4, -0.2) is 75.3 Å². The van der Waals surface area contributed by atoms with Crippen molar-refractivity contribution >= 4 is 0 Å². The molecule has 2 saturated heterocycles. The number of likely N-dealkylation sites (N-methyl/N-ethyl adjacent to an activating group) is 1. The molecule has 21 heavy (non-hydrogen) atoms. The fraction of sp³-hybridized carbons (Fsp3) is 1.00. The number of hydrogen-bond donors (Lipinski definition) is 2. The van der Waals surface area contributed by atoms with Gasteiger partial charge in [-0.05, 0) is 31.8 Å². The lowest BCUT2D eigenvalue weighted by molar-refractivity contribution is -0.0843. The minimum atomic E-state index is -0.572. The predicted molar refractivity (Wildman–Crippen MR) is 83.5 cm³/mol. The fourth-order valence-electron chi connectivity index (χ4n) is 3.63. The summed E-state index contributed by atoms with van der Waals surface area (Å²) in [6, 6.07) is 0. The van der Waals surface area contributed by atoms with Crippen LogP contribution < -0.4 is 5.32 Å². The number of nitrogens with zero attached hydrogens (tertiary/aromatic N) is 1. The van der Waals surface area contributed by atoms with Gasteiger partial charge in [0.25, 0.3) is 0 Å². The van der Waals surface area contributed by atoms with Crippen molar-refractivity contribution in [2.45, 2.75) is 38.2 Å². The molecule has 0 bridgehead atoms. The van der Waals surface area contributed by atoms with Gasteiger partial charge in [-0.1, -0.05) is 6.92 Å². The molecule has 0 amide bonds. The first kappa shape index (κ1) is 17.2. The molecule has 0 atom stereocenters. The second-order valence-corrected chi connectivity index (χ2v) is 6.90. The summed E-state index contributed by atoms with van der Waals surface area (Å²) in [5.41, 5.74) is -0.290. The molecule has 0 saturated carbocycles. The SMILES string of the molecule is CCNCC1(CN(C)CC2(O)CCOCC2)CCOCC1. The molecule has 124 valence electrons. The number of hydrogen-bond acceptors (Lipinski definition) is 5. The molecule has 5 nitrogen and oxygen atoms in total. The maximum atomic E-state index is 10.7. The van der Waals surface area contributed by atoms with Crippen molar-refractivity contribution in [3.8, 4) is 0 Å². The van der Waals surface area contributed by atoms with Gasteiger partial charge in [-0.25, -0.2) is 0 Å². The van der Waals surface area contributed by atoms with E-state index in [1.165, 1.54) is 0 Å². The molecular formula is C16H32N2O3. The summed E-state index contributed by atoms with van der Waals surface area (Å²) in [4.78, 5) is 2.31. The molecule has 2 heterocycles. The molecule has 2 aliphatic rings. The maximum Gasteiger partial charge on any atom is 0.0817 e. The molecule has 5 heteroatoms. The number of aliphatic hydroxyl groups is 1. The molecule has 0 aromatic heterocycles. The van der Waals surface area contributed by atoms with Crippen molar-refractivity contribution in [3.05, 3.63) is 0 Å². The van der Waals surface area contributed by atoms with Crippen LogP contribution in [0.15, 0.2) is 0 Å². The first-order valence-electron chi connectivity index (χ1n) is 8.35. The summed E-state index contributed by atoms with van der Waals surface area (Å²) in [5, 5.41) is 14.2. The summed E-state index contributed by atoms with van der Waals surface area (Å²) >= 11 is 0. The third kappa shape index (κ3) is 5.18. The highest BCUT2D eigenvalue weighted by Gasteiger charge is 2.36. The Bertz CT molecular complexity index is 300. The van der Waals surface area contributed by atoms with Gasteiger partial charge in [0, 0.05) is 58.9 Å². The topological polar surface area (TPSA) is 54.0 Å². The Morgan fingerprint density at radius 3 is 2.14 bits per heavy atom.